The average molecular weight is 298 g/mol. The van der Waals surface area contributed by atoms with E-state index in [0.29, 0.717) is 6.61 Å². The monoisotopic (exact) mass is 298 g/mol. The van der Waals surface area contributed by atoms with E-state index in [1.165, 1.54) is 49.7 Å². The summed E-state index contributed by atoms with van der Waals surface area (Å²) >= 11 is 0. The molecule has 0 atom stereocenters. The highest BCUT2D eigenvalue weighted by atomic mass is 16.5. The second-order valence-electron chi connectivity index (χ2n) is 6.46. The third-order valence-electron chi connectivity index (χ3n) is 4.81. The van der Waals surface area contributed by atoms with E-state index in [0.717, 1.165) is 24.9 Å². The Morgan fingerprint density at radius 2 is 1.64 bits per heavy atom. The van der Waals surface area contributed by atoms with Crippen LogP contribution < -0.4 is 0 Å². The molecule has 0 bridgehead atoms. The smallest absolute Gasteiger partial charge is 0.0717 e. The molecule has 1 nitrogen and oxygen atoms in total. The van der Waals surface area contributed by atoms with E-state index in [-0.39, 0.29) is 0 Å². The molecule has 22 heavy (non-hydrogen) atoms. The second kappa shape index (κ2) is 9.63. The summed E-state index contributed by atoms with van der Waals surface area (Å²) in [4.78, 5) is 0. The Morgan fingerprint density at radius 1 is 0.955 bits per heavy atom. The van der Waals surface area contributed by atoms with E-state index < -0.39 is 0 Å². The van der Waals surface area contributed by atoms with Gasteiger partial charge in [-0.15, -0.1) is 13.2 Å². The minimum atomic E-state index is 0.711. The third kappa shape index (κ3) is 5.46. The van der Waals surface area contributed by atoms with Gasteiger partial charge in [-0.3, -0.25) is 0 Å². The second-order valence-corrected chi connectivity index (χ2v) is 6.46. The molecule has 1 aliphatic carbocycles. The van der Waals surface area contributed by atoms with E-state index in [2.05, 4.69) is 43.5 Å². The summed E-state index contributed by atoms with van der Waals surface area (Å²) in [5.74, 6) is 1.68. The number of hydrogen-bond acceptors (Lipinski definition) is 1. The van der Waals surface area contributed by atoms with Gasteiger partial charge in [0.05, 0.1) is 13.2 Å². The van der Waals surface area contributed by atoms with Crippen LogP contribution in [0.15, 0.2) is 49.6 Å². The molecule has 1 saturated carbocycles. The highest BCUT2D eigenvalue weighted by Gasteiger charge is 2.21. The maximum Gasteiger partial charge on any atom is 0.0717 e. The Morgan fingerprint density at radius 3 is 2.27 bits per heavy atom. The van der Waals surface area contributed by atoms with Crippen molar-refractivity contribution in [1.82, 2.24) is 0 Å². The first-order chi connectivity index (χ1) is 10.8. The molecule has 1 aliphatic rings. The van der Waals surface area contributed by atoms with E-state index in [1.807, 2.05) is 6.08 Å². The van der Waals surface area contributed by atoms with Crippen LogP contribution in [0.3, 0.4) is 0 Å². The van der Waals surface area contributed by atoms with Gasteiger partial charge in [0.25, 0.3) is 0 Å². The largest absolute Gasteiger partial charge is 0.376 e. The number of hydrogen-bond donors (Lipinski definition) is 0. The van der Waals surface area contributed by atoms with Crippen LogP contribution >= 0.6 is 0 Å². The van der Waals surface area contributed by atoms with Gasteiger partial charge in [-0.2, -0.15) is 0 Å². The van der Waals surface area contributed by atoms with Crippen LogP contribution in [0.2, 0.25) is 0 Å². The van der Waals surface area contributed by atoms with Gasteiger partial charge < -0.3 is 4.74 Å². The molecule has 0 aromatic heterocycles. The Bertz CT molecular complexity index is 437. The van der Waals surface area contributed by atoms with Gasteiger partial charge in [0.1, 0.15) is 0 Å². The standard InChI is InChI=1S/C21H30O/c1-3-5-7-18-8-12-20(13-9-18)21-14-10-19(11-15-21)17-22-16-6-4-2/h3-4,10-11,14-15,18,20H,1-2,5-9,12-13,16-17H2. The summed E-state index contributed by atoms with van der Waals surface area (Å²) in [7, 11) is 0. The first-order valence-corrected chi connectivity index (χ1v) is 8.72. The molecular weight excluding hydrogens is 268 g/mol. The summed E-state index contributed by atoms with van der Waals surface area (Å²) in [5.41, 5.74) is 2.78. The zero-order valence-electron chi connectivity index (χ0n) is 13.8. The highest BCUT2D eigenvalue weighted by molar-refractivity contribution is 5.25. The van der Waals surface area contributed by atoms with Crippen LogP contribution in [0.25, 0.3) is 0 Å². The SMILES string of the molecule is C=CCCOCc1ccc(C2CCC(CCC=C)CC2)cc1. The van der Waals surface area contributed by atoms with Gasteiger partial charge >= 0.3 is 0 Å². The highest BCUT2D eigenvalue weighted by Crippen LogP contribution is 2.37. The van der Waals surface area contributed by atoms with Crippen LogP contribution in [0.4, 0.5) is 0 Å². The topological polar surface area (TPSA) is 9.23 Å². The lowest BCUT2D eigenvalue weighted by Gasteiger charge is -2.28. The Labute approximate surface area is 136 Å². The van der Waals surface area contributed by atoms with Gasteiger partial charge in [-0.05, 0) is 67.9 Å². The molecular formula is C21H30O. The summed E-state index contributed by atoms with van der Waals surface area (Å²) in [5, 5.41) is 0. The van der Waals surface area contributed by atoms with Crippen LogP contribution in [-0.4, -0.2) is 6.61 Å². The van der Waals surface area contributed by atoms with E-state index in [9.17, 15) is 0 Å². The fraction of sp³-hybridized carbons (Fsp3) is 0.524. The molecule has 0 radical (unpaired) electrons. The summed E-state index contributed by atoms with van der Waals surface area (Å²) in [6.07, 6.45) is 12.8. The molecule has 0 unspecified atom stereocenters. The normalized spacial score (nSPS) is 21.5. The minimum absolute atomic E-state index is 0.711. The molecule has 0 spiro atoms. The van der Waals surface area contributed by atoms with Crippen LogP contribution in [0.1, 0.15) is 62.0 Å². The van der Waals surface area contributed by atoms with E-state index >= 15 is 0 Å². The van der Waals surface area contributed by atoms with Crippen LogP contribution in [0, 0.1) is 5.92 Å². The molecule has 0 saturated heterocycles. The molecule has 1 aromatic carbocycles. The van der Waals surface area contributed by atoms with Gasteiger partial charge in [0, 0.05) is 0 Å². The van der Waals surface area contributed by atoms with Crippen molar-refractivity contribution >= 4 is 0 Å². The van der Waals surface area contributed by atoms with Crippen molar-refractivity contribution in [2.75, 3.05) is 6.61 Å². The van der Waals surface area contributed by atoms with Crippen molar-refractivity contribution in [3.05, 3.63) is 60.7 Å². The number of rotatable bonds is 9. The molecule has 0 aliphatic heterocycles. The molecule has 2 rings (SSSR count). The molecule has 0 heterocycles. The third-order valence-corrected chi connectivity index (χ3v) is 4.81. The number of allylic oxidation sites excluding steroid dienone is 1. The fourth-order valence-corrected chi connectivity index (χ4v) is 3.38. The fourth-order valence-electron chi connectivity index (χ4n) is 3.38. The predicted molar refractivity (Wildman–Crippen MR) is 95.0 cm³/mol. The van der Waals surface area contributed by atoms with E-state index in [1.54, 1.807) is 0 Å². The summed E-state index contributed by atoms with van der Waals surface area (Å²) in [6, 6.07) is 9.07. The Kier molecular flexibility index (Phi) is 7.45. The van der Waals surface area contributed by atoms with E-state index in [4.69, 9.17) is 4.74 Å². The first kappa shape index (κ1) is 17.0. The zero-order valence-corrected chi connectivity index (χ0v) is 13.8. The maximum absolute atomic E-state index is 5.62. The lowest BCUT2D eigenvalue weighted by atomic mass is 9.77. The van der Waals surface area contributed by atoms with Gasteiger partial charge in [-0.25, -0.2) is 0 Å². The molecule has 1 heteroatoms. The van der Waals surface area contributed by atoms with Crippen molar-refractivity contribution in [2.24, 2.45) is 5.92 Å². The summed E-state index contributed by atoms with van der Waals surface area (Å²) < 4.78 is 5.62. The number of ether oxygens (including phenoxy) is 1. The van der Waals surface area contributed by atoms with Gasteiger partial charge in [-0.1, -0.05) is 36.4 Å². The lowest BCUT2D eigenvalue weighted by molar-refractivity contribution is 0.125. The zero-order chi connectivity index (χ0) is 15.6. The molecule has 0 N–H and O–H groups in total. The summed E-state index contributed by atoms with van der Waals surface area (Å²) in [6.45, 7) is 9.01. The molecule has 1 aromatic rings. The molecule has 120 valence electrons. The van der Waals surface area contributed by atoms with Crippen molar-refractivity contribution in [3.8, 4) is 0 Å². The van der Waals surface area contributed by atoms with Crippen molar-refractivity contribution in [3.63, 3.8) is 0 Å². The van der Waals surface area contributed by atoms with Crippen LogP contribution in [0.5, 0.6) is 0 Å². The minimum Gasteiger partial charge on any atom is -0.376 e. The van der Waals surface area contributed by atoms with Crippen molar-refractivity contribution in [1.29, 1.82) is 0 Å². The van der Waals surface area contributed by atoms with Crippen molar-refractivity contribution in [2.45, 2.75) is 57.5 Å². The van der Waals surface area contributed by atoms with Crippen molar-refractivity contribution < 1.29 is 4.74 Å². The van der Waals surface area contributed by atoms with Crippen LogP contribution in [-0.2, 0) is 11.3 Å². The number of benzene rings is 1. The van der Waals surface area contributed by atoms with Gasteiger partial charge in [0.15, 0.2) is 0 Å². The predicted octanol–water partition coefficient (Wildman–Crippen LogP) is 6.02. The molecule has 1 fully saturated rings. The lowest BCUT2D eigenvalue weighted by Crippen LogP contribution is -2.13. The molecule has 0 amide bonds. The quantitative estimate of drug-likeness (QED) is 0.400. The van der Waals surface area contributed by atoms with Gasteiger partial charge in [0.2, 0.25) is 0 Å². The Hall–Kier alpha value is -1.34. The maximum atomic E-state index is 5.62. The Balaban J connectivity index is 1.76. The first-order valence-electron chi connectivity index (χ1n) is 8.72. The average Bonchev–Trinajstić information content (AvgIpc) is 2.58.